The van der Waals surface area contributed by atoms with E-state index in [2.05, 4.69) is 20.7 Å². The van der Waals surface area contributed by atoms with Gasteiger partial charge in [0.15, 0.2) is 11.5 Å². The monoisotopic (exact) mass is 359 g/mol. The summed E-state index contributed by atoms with van der Waals surface area (Å²) in [6.45, 7) is 4.62. The predicted octanol–water partition coefficient (Wildman–Crippen LogP) is 2.68. The van der Waals surface area contributed by atoms with Crippen molar-refractivity contribution in [3.8, 4) is 11.5 Å². The van der Waals surface area contributed by atoms with Crippen LogP contribution in [0.4, 0.5) is 0 Å². The van der Waals surface area contributed by atoms with Gasteiger partial charge in [-0.1, -0.05) is 0 Å². The Morgan fingerprint density at radius 3 is 2.67 bits per heavy atom. The largest absolute Gasteiger partial charge is 0.490 e. The van der Waals surface area contributed by atoms with Crippen molar-refractivity contribution in [3.05, 3.63) is 22.2 Å². The molecule has 0 aliphatic carbocycles. The van der Waals surface area contributed by atoms with Gasteiger partial charge < -0.3 is 19.9 Å². The van der Waals surface area contributed by atoms with Gasteiger partial charge in [-0.05, 0) is 53.9 Å². The molecule has 1 atom stereocenters. The molecule has 0 fully saturated rings. The number of hydrogen-bond acceptors (Lipinski definition) is 5. The number of esters is 1. The summed E-state index contributed by atoms with van der Waals surface area (Å²) in [5.41, 5.74) is 6.90. The minimum Gasteiger partial charge on any atom is -0.490 e. The van der Waals surface area contributed by atoms with E-state index in [0.29, 0.717) is 18.1 Å². The molecule has 2 N–H and O–H groups in total. The maximum absolute atomic E-state index is 11.1. The number of ether oxygens (including phenoxy) is 3. The summed E-state index contributed by atoms with van der Waals surface area (Å²) >= 11 is 3.48. The zero-order chi connectivity index (χ0) is 15.8. The van der Waals surface area contributed by atoms with Crippen LogP contribution in [0, 0.1) is 0 Å². The number of nitrogens with two attached hydrogens (primary N) is 1. The van der Waals surface area contributed by atoms with Crippen molar-refractivity contribution in [1.29, 1.82) is 0 Å². The molecule has 1 rings (SSSR count). The molecule has 0 saturated heterocycles. The molecule has 0 amide bonds. The summed E-state index contributed by atoms with van der Waals surface area (Å²) in [4.78, 5) is 11.1. The Labute approximate surface area is 133 Å². The molecule has 0 aliphatic rings. The van der Waals surface area contributed by atoms with E-state index >= 15 is 0 Å². The van der Waals surface area contributed by atoms with Crippen molar-refractivity contribution in [1.82, 2.24) is 0 Å². The average Bonchev–Trinajstić information content (AvgIpc) is 2.41. The van der Waals surface area contributed by atoms with Gasteiger partial charge in [-0.25, -0.2) is 0 Å². The van der Waals surface area contributed by atoms with Crippen LogP contribution in [-0.2, 0) is 16.0 Å². The minimum absolute atomic E-state index is 0.0671. The molecule has 6 heteroatoms. The van der Waals surface area contributed by atoms with Crippen LogP contribution in [0.15, 0.2) is 16.6 Å². The van der Waals surface area contributed by atoms with E-state index in [-0.39, 0.29) is 25.0 Å². The number of carbonyl (C=O) groups excluding carboxylic acids is 1. The molecule has 0 bridgehead atoms. The van der Waals surface area contributed by atoms with Crippen molar-refractivity contribution < 1.29 is 19.0 Å². The second-order valence-corrected chi connectivity index (χ2v) is 5.55. The highest BCUT2D eigenvalue weighted by Crippen LogP contribution is 2.37. The first kappa shape index (κ1) is 17.8. The SMILES string of the molecule is CCOc1cc(CC(C)N)cc(Br)c1OCCC(=O)OC. The van der Waals surface area contributed by atoms with Crippen molar-refractivity contribution in [2.45, 2.75) is 32.7 Å². The van der Waals surface area contributed by atoms with Gasteiger partial charge in [0.2, 0.25) is 0 Å². The molecule has 21 heavy (non-hydrogen) atoms. The normalized spacial score (nSPS) is 11.9. The molecule has 0 aromatic heterocycles. The maximum Gasteiger partial charge on any atom is 0.308 e. The van der Waals surface area contributed by atoms with Crippen LogP contribution >= 0.6 is 15.9 Å². The first-order chi connectivity index (χ1) is 9.97. The lowest BCUT2D eigenvalue weighted by atomic mass is 10.1. The highest BCUT2D eigenvalue weighted by atomic mass is 79.9. The van der Waals surface area contributed by atoms with E-state index in [9.17, 15) is 4.79 Å². The van der Waals surface area contributed by atoms with Gasteiger partial charge in [0.1, 0.15) is 0 Å². The fraction of sp³-hybridized carbons (Fsp3) is 0.533. The van der Waals surface area contributed by atoms with Crippen molar-refractivity contribution >= 4 is 21.9 Å². The van der Waals surface area contributed by atoms with Crippen LogP contribution in [0.5, 0.6) is 11.5 Å². The van der Waals surface area contributed by atoms with Gasteiger partial charge in [-0.2, -0.15) is 0 Å². The molecule has 0 spiro atoms. The van der Waals surface area contributed by atoms with Crippen LogP contribution in [0.1, 0.15) is 25.8 Å². The predicted molar refractivity (Wildman–Crippen MR) is 84.8 cm³/mol. The number of methoxy groups -OCH3 is 1. The van der Waals surface area contributed by atoms with Gasteiger partial charge in [-0.15, -0.1) is 0 Å². The van der Waals surface area contributed by atoms with E-state index in [1.807, 2.05) is 26.0 Å². The Kier molecular flexibility index (Phi) is 7.53. The zero-order valence-corrected chi connectivity index (χ0v) is 14.2. The molecule has 118 valence electrons. The number of carbonyl (C=O) groups is 1. The standard InChI is InChI=1S/C15H22BrNO4/c1-4-20-13-9-11(7-10(2)17)8-12(16)15(13)21-6-5-14(18)19-3/h8-10H,4-7,17H2,1-3H3. The van der Waals surface area contributed by atoms with E-state index in [1.54, 1.807) is 0 Å². The Morgan fingerprint density at radius 2 is 2.10 bits per heavy atom. The van der Waals surface area contributed by atoms with E-state index in [1.165, 1.54) is 7.11 Å². The van der Waals surface area contributed by atoms with Crippen LogP contribution in [0.2, 0.25) is 0 Å². The third kappa shape index (κ3) is 5.93. The van der Waals surface area contributed by atoms with Crippen LogP contribution in [0.3, 0.4) is 0 Å². The molecular formula is C15H22BrNO4. The molecule has 0 saturated carbocycles. The van der Waals surface area contributed by atoms with E-state index < -0.39 is 0 Å². The fourth-order valence-corrected chi connectivity index (χ4v) is 2.46. The lowest BCUT2D eigenvalue weighted by molar-refractivity contribution is -0.141. The molecule has 5 nitrogen and oxygen atoms in total. The topological polar surface area (TPSA) is 70.8 Å². The number of benzene rings is 1. The minimum atomic E-state index is -0.308. The van der Waals surface area contributed by atoms with E-state index in [4.69, 9.17) is 15.2 Å². The molecule has 1 aromatic rings. The summed E-state index contributed by atoms with van der Waals surface area (Å²) in [6, 6.07) is 3.95. The third-order valence-corrected chi connectivity index (χ3v) is 3.30. The van der Waals surface area contributed by atoms with Gasteiger partial charge in [0.05, 0.1) is 31.2 Å². The Hall–Kier alpha value is -1.27. The van der Waals surface area contributed by atoms with Crippen LogP contribution < -0.4 is 15.2 Å². The van der Waals surface area contributed by atoms with Crippen molar-refractivity contribution in [2.75, 3.05) is 20.3 Å². The summed E-state index contributed by atoms with van der Waals surface area (Å²) in [5.74, 6) is 0.930. The molecule has 0 heterocycles. The molecule has 0 radical (unpaired) electrons. The molecular weight excluding hydrogens is 338 g/mol. The highest BCUT2D eigenvalue weighted by Gasteiger charge is 2.14. The third-order valence-electron chi connectivity index (χ3n) is 2.71. The zero-order valence-electron chi connectivity index (χ0n) is 12.6. The van der Waals surface area contributed by atoms with Gasteiger partial charge in [0.25, 0.3) is 0 Å². The summed E-state index contributed by atoms with van der Waals surface area (Å²) < 4.78 is 16.6. The molecule has 0 aliphatic heterocycles. The lowest BCUT2D eigenvalue weighted by Crippen LogP contribution is -2.18. The smallest absolute Gasteiger partial charge is 0.308 e. The van der Waals surface area contributed by atoms with Crippen LogP contribution in [-0.4, -0.2) is 32.3 Å². The van der Waals surface area contributed by atoms with Gasteiger partial charge in [-0.3, -0.25) is 4.79 Å². The number of rotatable bonds is 8. The quantitative estimate of drug-likeness (QED) is 0.722. The maximum atomic E-state index is 11.1. The first-order valence-corrected chi connectivity index (χ1v) is 7.67. The van der Waals surface area contributed by atoms with Crippen LogP contribution in [0.25, 0.3) is 0 Å². The average molecular weight is 360 g/mol. The highest BCUT2D eigenvalue weighted by molar-refractivity contribution is 9.10. The number of halogens is 1. The molecule has 1 aromatic carbocycles. The second kappa shape index (κ2) is 8.89. The Morgan fingerprint density at radius 1 is 1.38 bits per heavy atom. The van der Waals surface area contributed by atoms with Gasteiger partial charge in [0, 0.05) is 6.04 Å². The first-order valence-electron chi connectivity index (χ1n) is 6.88. The lowest BCUT2D eigenvalue weighted by Gasteiger charge is -2.16. The second-order valence-electron chi connectivity index (χ2n) is 4.69. The Balaban J connectivity index is 2.87. The molecule has 1 unspecified atom stereocenters. The summed E-state index contributed by atoms with van der Waals surface area (Å²) in [7, 11) is 1.35. The summed E-state index contributed by atoms with van der Waals surface area (Å²) in [6.07, 6.45) is 0.942. The number of hydrogen-bond donors (Lipinski definition) is 1. The van der Waals surface area contributed by atoms with E-state index in [0.717, 1.165) is 16.5 Å². The summed E-state index contributed by atoms with van der Waals surface area (Å²) in [5, 5.41) is 0. The fourth-order valence-electron chi connectivity index (χ4n) is 1.85. The Bertz CT molecular complexity index is 477. The van der Waals surface area contributed by atoms with Gasteiger partial charge >= 0.3 is 5.97 Å². The van der Waals surface area contributed by atoms with Crippen molar-refractivity contribution in [2.24, 2.45) is 5.73 Å². The van der Waals surface area contributed by atoms with Crippen molar-refractivity contribution in [3.63, 3.8) is 0 Å².